The van der Waals surface area contributed by atoms with Gasteiger partial charge >= 0.3 is 0 Å². The zero-order valence-corrected chi connectivity index (χ0v) is 13.2. The first-order valence-corrected chi connectivity index (χ1v) is 7.87. The number of rotatable bonds is 5. The lowest BCUT2D eigenvalue weighted by Gasteiger charge is -2.36. The second kappa shape index (κ2) is 7.21. The molecule has 1 heterocycles. The van der Waals surface area contributed by atoms with Crippen LogP contribution >= 0.6 is 0 Å². The summed E-state index contributed by atoms with van der Waals surface area (Å²) in [5.41, 5.74) is 10.4. The normalized spacial score (nSPS) is 19.2. The molecule has 1 unspecified atom stereocenters. The molecule has 3 nitrogen and oxygen atoms in total. The first kappa shape index (κ1) is 15.5. The van der Waals surface area contributed by atoms with Gasteiger partial charge in [-0.2, -0.15) is 0 Å². The molecule has 1 aromatic rings. The van der Waals surface area contributed by atoms with Crippen molar-refractivity contribution in [2.75, 3.05) is 39.3 Å². The standard InChI is InChI=1S/C17H29N3/c1-4-7-19-8-10-20(11-9-19)13-17(18)16-12-14(2)5-6-15(16)3/h5-6,12,17H,4,7-11,13,18H2,1-3H3. The molecule has 0 saturated carbocycles. The summed E-state index contributed by atoms with van der Waals surface area (Å²) in [6.45, 7) is 13.4. The van der Waals surface area contributed by atoms with Gasteiger partial charge in [-0.05, 0) is 37.9 Å². The van der Waals surface area contributed by atoms with Crippen LogP contribution in [-0.2, 0) is 0 Å². The maximum Gasteiger partial charge on any atom is 0.0427 e. The Morgan fingerprint density at radius 3 is 2.40 bits per heavy atom. The molecule has 3 heteroatoms. The van der Waals surface area contributed by atoms with E-state index in [-0.39, 0.29) is 6.04 Å². The Labute approximate surface area is 123 Å². The van der Waals surface area contributed by atoms with Crippen molar-refractivity contribution < 1.29 is 0 Å². The predicted molar refractivity (Wildman–Crippen MR) is 86.0 cm³/mol. The van der Waals surface area contributed by atoms with E-state index in [2.05, 4.69) is 48.8 Å². The van der Waals surface area contributed by atoms with Crippen LogP contribution in [-0.4, -0.2) is 49.1 Å². The molecule has 0 bridgehead atoms. The van der Waals surface area contributed by atoms with E-state index in [9.17, 15) is 0 Å². The van der Waals surface area contributed by atoms with Crippen molar-refractivity contribution in [1.82, 2.24) is 9.80 Å². The van der Waals surface area contributed by atoms with Gasteiger partial charge in [0.15, 0.2) is 0 Å². The van der Waals surface area contributed by atoms with Crippen LogP contribution in [0.25, 0.3) is 0 Å². The molecule has 0 radical (unpaired) electrons. The zero-order chi connectivity index (χ0) is 14.5. The average molecular weight is 275 g/mol. The third-order valence-corrected chi connectivity index (χ3v) is 4.29. The molecule has 1 fully saturated rings. The summed E-state index contributed by atoms with van der Waals surface area (Å²) < 4.78 is 0. The van der Waals surface area contributed by atoms with Crippen molar-refractivity contribution in [2.45, 2.75) is 33.2 Å². The molecule has 1 aliphatic rings. The van der Waals surface area contributed by atoms with E-state index in [4.69, 9.17) is 5.73 Å². The molecule has 0 spiro atoms. The van der Waals surface area contributed by atoms with Crippen LogP contribution in [0.5, 0.6) is 0 Å². The van der Waals surface area contributed by atoms with Gasteiger partial charge in [-0.25, -0.2) is 0 Å². The number of piperazine rings is 1. The third-order valence-electron chi connectivity index (χ3n) is 4.29. The minimum Gasteiger partial charge on any atom is -0.323 e. The van der Waals surface area contributed by atoms with Crippen LogP contribution < -0.4 is 5.73 Å². The van der Waals surface area contributed by atoms with E-state index in [0.29, 0.717) is 0 Å². The number of aryl methyl sites for hydroxylation is 2. The lowest BCUT2D eigenvalue weighted by atomic mass is 9.99. The second-order valence-electron chi connectivity index (χ2n) is 6.11. The predicted octanol–water partition coefficient (Wildman–Crippen LogP) is 2.33. The molecule has 1 aliphatic heterocycles. The Hall–Kier alpha value is -0.900. The molecule has 0 amide bonds. The van der Waals surface area contributed by atoms with Gasteiger partial charge in [0, 0.05) is 38.8 Å². The lowest BCUT2D eigenvalue weighted by Crippen LogP contribution is -2.48. The van der Waals surface area contributed by atoms with Crippen molar-refractivity contribution >= 4 is 0 Å². The van der Waals surface area contributed by atoms with E-state index < -0.39 is 0 Å². The topological polar surface area (TPSA) is 32.5 Å². The quantitative estimate of drug-likeness (QED) is 0.895. The van der Waals surface area contributed by atoms with Crippen LogP contribution in [0, 0.1) is 13.8 Å². The zero-order valence-electron chi connectivity index (χ0n) is 13.2. The summed E-state index contributed by atoms with van der Waals surface area (Å²) in [4.78, 5) is 5.07. The van der Waals surface area contributed by atoms with E-state index in [1.54, 1.807) is 0 Å². The highest BCUT2D eigenvalue weighted by Gasteiger charge is 2.19. The van der Waals surface area contributed by atoms with Gasteiger partial charge < -0.3 is 10.6 Å². The number of nitrogens with zero attached hydrogens (tertiary/aromatic N) is 2. The Morgan fingerprint density at radius 1 is 1.10 bits per heavy atom. The maximum absolute atomic E-state index is 6.43. The number of nitrogens with two attached hydrogens (primary N) is 1. The van der Waals surface area contributed by atoms with Crippen molar-refractivity contribution in [1.29, 1.82) is 0 Å². The van der Waals surface area contributed by atoms with Gasteiger partial charge in [0.25, 0.3) is 0 Å². The SMILES string of the molecule is CCCN1CCN(CC(N)c2cc(C)ccc2C)CC1. The number of benzene rings is 1. The molecule has 20 heavy (non-hydrogen) atoms. The van der Waals surface area contributed by atoms with Gasteiger partial charge in [0.2, 0.25) is 0 Å². The second-order valence-corrected chi connectivity index (χ2v) is 6.11. The Kier molecular flexibility index (Phi) is 5.58. The Morgan fingerprint density at radius 2 is 1.75 bits per heavy atom. The van der Waals surface area contributed by atoms with Crippen LogP contribution in [0.3, 0.4) is 0 Å². The molecular formula is C17H29N3. The highest BCUT2D eigenvalue weighted by atomic mass is 15.3. The van der Waals surface area contributed by atoms with Crippen molar-refractivity contribution in [3.05, 3.63) is 34.9 Å². The minimum atomic E-state index is 0.132. The van der Waals surface area contributed by atoms with E-state index in [1.165, 1.54) is 42.7 Å². The lowest BCUT2D eigenvalue weighted by molar-refractivity contribution is 0.127. The van der Waals surface area contributed by atoms with Gasteiger partial charge in [0.05, 0.1) is 0 Å². The fourth-order valence-corrected chi connectivity index (χ4v) is 3.05. The van der Waals surface area contributed by atoms with E-state index >= 15 is 0 Å². The minimum absolute atomic E-state index is 0.132. The largest absolute Gasteiger partial charge is 0.323 e. The molecule has 0 aromatic heterocycles. The molecule has 1 saturated heterocycles. The first-order valence-electron chi connectivity index (χ1n) is 7.87. The summed E-state index contributed by atoms with van der Waals surface area (Å²) in [5, 5.41) is 0. The summed E-state index contributed by atoms with van der Waals surface area (Å²) in [6.07, 6.45) is 1.25. The highest BCUT2D eigenvalue weighted by molar-refractivity contribution is 5.33. The summed E-state index contributed by atoms with van der Waals surface area (Å²) >= 11 is 0. The summed E-state index contributed by atoms with van der Waals surface area (Å²) in [6, 6.07) is 6.72. The van der Waals surface area contributed by atoms with Gasteiger partial charge in [-0.1, -0.05) is 30.7 Å². The van der Waals surface area contributed by atoms with Crippen molar-refractivity contribution in [3.8, 4) is 0 Å². The number of hydrogen-bond donors (Lipinski definition) is 1. The van der Waals surface area contributed by atoms with Crippen LogP contribution in [0.4, 0.5) is 0 Å². The molecule has 2 rings (SSSR count). The molecule has 2 N–H and O–H groups in total. The van der Waals surface area contributed by atoms with Gasteiger partial charge in [-0.3, -0.25) is 4.90 Å². The fraction of sp³-hybridized carbons (Fsp3) is 0.647. The monoisotopic (exact) mass is 275 g/mol. The molecule has 1 atom stereocenters. The fourth-order valence-electron chi connectivity index (χ4n) is 3.05. The molecule has 0 aliphatic carbocycles. The van der Waals surface area contributed by atoms with Crippen molar-refractivity contribution in [3.63, 3.8) is 0 Å². The Balaban J connectivity index is 1.89. The third kappa shape index (κ3) is 4.05. The van der Waals surface area contributed by atoms with Gasteiger partial charge in [0.1, 0.15) is 0 Å². The Bertz CT molecular complexity index is 422. The molecule has 112 valence electrons. The summed E-state index contributed by atoms with van der Waals surface area (Å²) in [7, 11) is 0. The summed E-state index contributed by atoms with van der Waals surface area (Å²) in [5.74, 6) is 0. The first-order chi connectivity index (χ1) is 9.60. The number of hydrogen-bond acceptors (Lipinski definition) is 3. The average Bonchev–Trinajstić information content (AvgIpc) is 2.44. The van der Waals surface area contributed by atoms with Crippen LogP contribution in [0.2, 0.25) is 0 Å². The van der Waals surface area contributed by atoms with Crippen molar-refractivity contribution in [2.24, 2.45) is 5.73 Å². The molecular weight excluding hydrogens is 246 g/mol. The smallest absolute Gasteiger partial charge is 0.0427 e. The maximum atomic E-state index is 6.43. The van der Waals surface area contributed by atoms with E-state index in [0.717, 1.165) is 19.6 Å². The van der Waals surface area contributed by atoms with Crippen LogP contribution in [0.15, 0.2) is 18.2 Å². The van der Waals surface area contributed by atoms with Crippen LogP contribution in [0.1, 0.15) is 36.1 Å². The molecule has 1 aromatic carbocycles. The van der Waals surface area contributed by atoms with E-state index in [1.807, 2.05) is 0 Å². The highest BCUT2D eigenvalue weighted by Crippen LogP contribution is 2.19. The van der Waals surface area contributed by atoms with Gasteiger partial charge in [-0.15, -0.1) is 0 Å².